The normalized spacial score (nSPS) is 11.6. The summed E-state index contributed by atoms with van der Waals surface area (Å²) in [6.45, 7) is 0. The van der Waals surface area contributed by atoms with Crippen molar-refractivity contribution in [1.29, 1.82) is 0 Å². The molecule has 0 radical (unpaired) electrons. The van der Waals surface area contributed by atoms with Crippen molar-refractivity contribution in [3.63, 3.8) is 0 Å². The molecule has 0 spiro atoms. The Morgan fingerprint density at radius 2 is 0.980 bits per heavy atom. The second-order valence-corrected chi connectivity index (χ2v) is 12.3. The average Bonchev–Trinajstić information content (AvgIpc) is 3.78. The van der Waals surface area contributed by atoms with Gasteiger partial charge in [-0.15, -0.1) is 0 Å². The molecule has 0 saturated carbocycles. The number of hydrogen-bond donors (Lipinski definition) is 0. The quantitative estimate of drug-likeness (QED) is 0.186. The lowest BCUT2D eigenvalue weighted by molar-refractivity contribution is 0.620. The van der Waals surface area contributed by atoms with E-state index in [2.05, 4.69) is 66.7 Å². The van der Waals surface area contributed by atoms with Crippen molar-refractivity contribution < 1.29 is 8.83 Å². The maximum atomic E-state index is 6.40. The van der Waals surface area contributed by atoms with Crippen LogP contribution in [0.5, 0.6) is 0 Å². The number of furan rings is 1. The minimum Gasteiger partial charge on any atom is -0.456 e. The fourth-order valence-electron chi connectivity index (χ4n) is 6.76. The van der Waals surface area contributed by atoms with E-state index in [0.717, 1.165) is 55.3 Å². The summed E-state index contributed by atoms with van der Waals surface area (Å²) in [7, 11) is 0. The molecule has 0 saturated heterocycles. The van der Waals surface area contributed by atoms with Crippen LogP contribution in [0.4, 0.5) is 0 Å². The van der Waals surface area contributed by atoms with Gasteiger partial charge < -0.3 is 8.83 Å². The minimum atomic E-state index is 0.558. The third-order valence-corrected chi connectivity index (χ3v) is 9.18. The van der Waals surface area contributed by atoms with Gasteiger partial charge in [0, 0.05) is 39.1 Å². The predicted molar refractivity (Wildman–Crippen MR) is 199 cm³/mol. The molecule has 0 unspecified atom stereocenters. The van der Waals surface area contributed by atoms with Crippen molar-refractivity contribution in [2.24, 2.45) is 0 Å². The smallest absolute Gasteiger partial charge is 0.227 e. The van der Waals surface area contributed by atoms with E-state index < -0.39 is 0 Å². The van der Waals surface area contributed by atoms with Gasteiger partial charge >= 0.3 is 0 Å². The molecule has 6 nitrogen and oxygen atoms in total. The number of nitrogens with zero attached hydrogens (tertiary/aromatic N) is 4. The lowest BCUT2D eigenvalue weighted by atomic mass is 9.97. The van der Waals surface area contributed by atoms with Gasteiger partial charge in [-0.2, -0.15) is 0 Å². The Bertz CT molecular complexity index is 2850. The molecule has 3 aromatic heterocycles. The molecule has 50 heavy (non-hydrogen) atoms. The Kier molecular flexibility index (Phi) is 6.39. The van der Waals surface area contributed by atoms with E-state index in [1.54, 1.807) is 0 Å². The van der Waals surface area contributed by atoms with Crippen LogP contribution < -0.4 is 0 Å². The molecule has 10 rings (SSSR count). The summed E-state index contributed by atoms with van der Waals surface area (Å²) in [5.41, 5.74) is 8.75. The molecular weight excluding hydrogens is 617 g/mol. The van der Waals surface area contributed by atoms with Crippen LogP contribution in [0.25, 0.3) is 101 Å². The van der Waals surface area contributed by atoms with Crippen LogP contribution in [0, 0.1) is 0 Å². The molecule has 6 heteroatoms. The Morgan fingerprint density at radius 1 is 0.360 bits per heavy atom. The van der Waals surface area contributed by atoms with Gasteiger partial charge in [0.15, 0.2) is 23.1 Å². The molecule has 0 atom stereocenters. The summed E-state index contributed by atoms with van der Waals surface area (Å²) in [6, 6.07) is 53.2. The molecule has 0 bridgehead atoms. The number of rotatable bonds is 5. The van der Waals surface area contributed by atoms with Crippen LogP contribution in [-0.2, 0) is 0 Å². The molecule has 3 heterocycles. The maximum Gasteiger partial charge on any atom is 0.227 e. The van der Waals surface area contributed by atoms with Crippen LogP contribution in [0.2, 0.25) is 0 Å². The molecule has 0 aliphatic rings. The van der Waals surface area contributed by atoms with Crippen LogP contribution in [0.15, 0.2) is 167 Å². The summed E-state index contributed by atoms with van der Waals surface area (Å²) in [6.07, 6.45) is 0. The van der Waals surface area contributed by atoms with E-state index in [-0.39, 0.29) is 0 Å². The van der Waals surface area contributed by atoms with Gasteiger partial charge in [0.25, 0.3) is 0 Å². The first-order chi connectivity index (χ1) is 24.7. The van der Waals surface area contributed by atoms with Gasteiger partial charge in [-0.25, -0.2) is 19.9 Å². The van der Waals surface area contributed by atoms with Crippen molar-refractivity contribution in [1.82, 2.24) is 19.9 Å². The topological polar surface area (TPSA) is 77.8 Å². The van der Waals surface area contributed by atoms with Crippen LogP contribution in [-0.4, -0.2) is 19.9 Å². The number of hydrogen-bond acceptors (Lipinski definition) is 6. The summed E-state index contributed by atoms with van der Waals surface area (Å²) >= 11 is 0. The summed E-state index contributed by atoms with van der Waals surface area (Å²) in [5.74, 6) is 2.31. The standard InChI is InChI=1S/C44H26N4O2/c1-3-12-29(13-4-1)41-46-42(30-23-21-28(22-24-30)33-18-9-16-27-11-7-8-17-32(27)33)48-43(47-41)34-19-10-20-37-40(34)35-25-39-36(26-38(35)49-37)45-44(50-39)31-14-5-2-6-15-31/h1-26H. The zero-order valence-corrected chi connectivity index (χ0v) is 26.6. The van der Waals surface area contributed by atoms with Crippen molar-refractivity contribution in [3.8, 4) is 56.7 Å². The fraction of sp³-hybridized carbons (Fsp3) is 0. The number of fused-ring (bicyclic) bond motifs is 5. The van der Waals surface area contributed by atoms with E-state index in [0.29, 0.717) is 28.9 Å². The van der Waals surface area contributed by atoms with E-state index >= 15 is 0 Å². The first kappa shape index (κ1) is 28.1. The van der Waals surface area contributed by atoms with E-state index in [4.69, 9.17) is 28.8 Å². The summed E-state index contributed by atoms with van der Waals surface area (Å²) in [4.78, 5) is 19.9. The summed E-state index contributed by atoms with van der Waals surface area (Å²) in [5, 5.41) is 4.24. The molecule has 7 aromatic carbocycles. The number of oxazole rings is 1. The minimum absolute atomic E-state index is 0.558. The Hall–Kier alpha value is -6.92. The van der Waals surface area contributed by atoms with Gasteiger partial charge in [-0.05, 0) is 46.2 Å². The van der Waals surface area contributed by atoms with E-state index in [1.165, 1.54) is 16.3 Å². The molecule has 0 fully saturated rings. The zero-order chi connectivity index (χ0) is 33.0. The second kappa shape index (κ2) is 11.4. The molecular formula is C44H26N4O2. The van der Waals surface area contributed by atoms with Crippen LogP contribution in [0.1, 0.15) is 0 Å². The third-order valence-electron chi connectivity index (χ3n) is 9.18. The lowest BCUT2D eigenvalue weighted by Gasteiger charge is -2.10. The maximum absolute atomic E-state index is 6.40. The SMILES string of the molecule is c1ccc(-c2nc(-c3ccc(-c4cccc5ccccc45)cc3)nc(-c3cccc4oc5cc6nc(-c7ccccc7)oc6cc5c34)n2)cc1. The first-order valence-electron chi connectivity index (χ1n) is 16.5. The zero-order valence-electron chi connectivity index (χ0n) is 26.6. The number of benzene rings is 7. The van der Waals surface area contributed by atoms with Crippen molar-refractivity contribution in [3.05, 3.63) is 158 Å². The van der Waals surface area contributed by atoms with Crippen molar-refractivity contribution in [2.75, 3.05) is 0 Å². The average molecular weight is 643 g/mol. The molecule has 0 amide bonds. The third kappa shape index (κ3) is 4.73. The lowest BCUT2D eigenvalue weighted by Crippen LogP contribution is -2.00. The predicted octanol–water partition coefficient (Wildman–Crippen LogP) is 11.4. The summed E-state index contributed by atoms with van der Waals surface area (Å²) < 4.78 is 12.7. The fourth-order valence-corrected chi connectivity index (χ4v) is 6.76. The van der Waals surface area contributed by atoms with E-state index in [1.807, 2.05) is 91.0 Å². The molecule has 10 aromatic rings. The monoisotopic (exact) mass is 642 g/mol. The van der Waals surface area contributed by atoms with Gasteiger partial charge in [-0.3, -0.25) is 0 Å². The highest BCUT2D eigenvalue weighted by atomic mass is 16.4. The molecule has 0 aliphatic heterocycles. The Balaban J connectivity index is 1.13. The Morgan fingerprint density at radius 3 is 1.78 bits per heavy atom. The largest absolute Gasteiger partial charge is 0.456 e. The van der Waals surface area contributed by atoms with Gasteiger partial charge in [0.1, 0.15) is 16.7 Å². The first-order valence-corrected chi connectivity index (χ1v) is 16.5. The van der Waals surface area contributed by atoms with E-state index in [9.17, 15) is 0 Å². The second-order valence-electron chi connectivity index (χ2n) is 12.3. The van der Waals surface area contributed by atoms with Gasteiger partial charge in [0.05, 0.1) is 0 Å². The molecule has 0 N–H and O–H groups in total. The van der Waals surface area contributed by atoms with Crippen LogP contribution in [0.3, 0.4) is 0 Å². The van der Waals surface area contributed by atoms with Gasteiger partial charge in [-0.1, -0.05) is 127 Å². The van der Waals surface area contributed by atoms with Crippen molar-refractivity contribution in [2.45, 2.75) is 0 Å². The van der Waals surface area contributed by atoms with Crippen LogP contribution >= 0.6 is 0 Å². The highest BCUT2D eigenvalue weighted by molar-refractivity contribution is 6.14. The highest BCUT2D eigenvalue weighted by Crippen LogP contribution is 2.39. The molecule has 0 aliphatic carbocycles. The molecule has 234 valence electrons. The van der Waals surface area contributed by atoms with Crippen molar-refractivity contribution >= 4 is 43.8 Å². The number of aromatic nitrogens is 4. The Labute approximate surface area is 286 Å². The van der Waals surface area contributed by atoms with Gasteiger partial charge in [0.2, 0.25) is 5.89 Å². The highest BCUT2D eigenvalue weighted by Gasteiger charge is 2.20.